The molecule has 0 amide bonds. The van der Waals surface area contributed by atoms with Gasteiger partial charge >= 0.3 is 6.18 Å². The van der Waals surface area contributed by atoms with Gasteiger partial charge in [-0.15, -0.1) is 0 Å². The zero-order valence-corrected chi connectivity index (χ0v) is 9.53. The molecule has 1 rings (SSSR count). The van der Waals surface area contributed by atoms with Gasteiger partial charge in [0.2, 0.25) is 0 Å². The van der Waals surface area contributed by atoms with Crippen molar-refractivity contribution in [2.24, 2.45) is 0 Å². The molecule has 0 unspecified atom stereocenters. The Hall–Kier alpha value is -0.380. The first-order valence-electron chi connectivity index (χ1n) is 4.76. The average Bonchev–Trinajstić information content (AvgIpc) is 2.14. The molecule has 0 saturated carbocycles. The quantitative estimate of drug-likeness (QED) is 0.732. The first kappa shape index (κ1) is 13.7. The Morgan fingerprint density at radius 2 is 2.12 bits per heavy atom. The lowest BCUT2D eigenvalue weighted by Gasteiger charge is -2.32. The SMILES string of the molecule is C[C@@H]1CNCCN1S(=O)(=O)NCC(F)(F)F. The van der Waals surface area contributed by atoms with Gasteiger partial charge in [-0.25, -0.2) is 0 Å². The van der Waals surface area contributed by atoms with Gasteiger partial charge in [-0.05, 0) is 6.92 Å². The van der Waals surface area contributed by atoms with E-state index in [4.69, 9.17) is 0 Å². The van der Waals surface area contributed by atoms with Gasteiger partial charge < -0.3 is 5.32 Å². The van der Waals surface area contributed by atoms with Gasteiger partial charge in [0, 0.05) is 25.7 Å². The van der Waals surface area contributed by atoms with Gasteiger partial charge in [-0.2, -0.15) is 30.6 Å². The molecule has 0 aromatic heterocycles. The molecule has 9 heteroatoms. The van der Waals surface area contributed by atoms with Crippen molar-refractivity contribution < 1.29 is 21.6 Å². The van der Waals surface area contributed by atoms with Crippen LogP contribution in [-0.2, 0) is 10.2 Å². The Labute approximate surface area is 92.2 Å². The summed E-state index contributed by atoms with van der Waals surface area (Å²) in [5.74, 6) is 0. The first-order valence-corrected chi connectivity index (χ1v) is 6.20. The predicted molar refractivity (Wildman–Crippen MR) is 52.0 cm³/mol. The molecule has 1 aliphatic rings. The molecular formula is C7H14F3N3O2S. The van der Waals surface area contributed by atoms with E-state index >= 15 is 0 Å². The molecule has 96 valence electrons. The van der Waals surface area contributed by atoms with E-state index in [1.54, 1.807) is 11.6 Å². The molecule has 0 radical (unpaired) electrons. The molecule has 0 aromatic rings. The number of hydrogen-bond donors (Lipinski definition) is 2. The van der Waals surface area contributed by atoms with Crippen molar-refractivity contribution in [1.29, 1.82) is 0 Å². The standard InChI is InChI=1S/C7H14F3N3O2S/c1-6-4-11-2-3-13(6)16(14,15)12-5-7(8,9)10/h6,11-12H,2-5H2,1H3/t6-/m1/s1. The van der Waals surface area contributed by atoms with Crippen LogP contribution in [0.4, 0.5) is 13.2 Å². The van der Waals surface area contributed by atoms with Gasteiger partial charge in [-0.1, -0.05) is 0 Å². The summed E-state index contributed by atoms with van der Waals surface area (Å²) in [6.07, 6.45) is -4.54. The van der Waals surface area contributed by atoms with Crippen molar-refractivity contribution in [2.45, 2.75) is 19.1 Å². The number of halogens is 3. The molecule has 2 N–H and O–H groups in total. The minimum atomic E-state index is -4.54. The van der Waals surface area contributed by atoms with Crippen LogP contribution < -0.4 is 10.0 Å². The maximum absolute atomic E-state index is 11.9. The summed E-state index contributed by atoms with van der Waals surface area (Å²) in [6, 6.07) is -0.348. The van der Waals surface area contributed by atoms with Crippen molar-refractivity contribution in [1.82, 2.24) is 14.3 Å². The van der Waals surface area contributed by atoms with Crippen LogP contribution in [0.3, 0.4) is 0 Å². The van der Waals surface area contributed by atoms with Crippen molar-refractivity contribution in [3.63, 3.8) is 0 Å². The predicted octanol–water partition coefficient (Wildman–Crippen LogP) is -0.323. The zero-order chi connectivity index (χ0) is 12.4. The molecule has 1 fully saturated rings. The van der Waals surface area contributed by atoms with E-state index in [9.17, 15) is 21.6 Å². The second-order valence-corrected chi connectivity index (χ2v) is 5.31. The molecule has 0 spiro atoms. The monoisotopic (exact) mass is 261 g/mol. The lowest BCUT2D eigenvalue weighted by Crippen LogP contribution is -2.56. The van der Waals surface area contributed by atoms with E-state index in [0.717, 1.165) is 4.31 Å². The molecular weight excluding hydrogens is 247 g/mol. The lowest BCUT2D eigenvalue weighted by molar-refractivity contribution is -0.121. The van der Waals surface area contributed by atoms with Gasteiger partial charge in [-0.3, -0.25) is 0 Å². The number of nitrogens with one attached hydrogen (secondary N) is 2. The lowest BCUT2D eigenvalue weighted by atomic mass is 10.3. The smallest absolute Gasteiger partial charge is 0.314 e. The van der Waals surface area contributed by atoms with Crippen LogP contribution in [-0.4, -0.2) is 51.1 Å². The largest absolute Gasteiger partial charge is 0.402 e. The third kappa shape index (κ3) is 3.89. The number of nitrogens with zero attached hydrogens (tertiary/aromatic N) is 1. The van der Waals surface area contributed by atoms with E-state index < -0.39 is 22.9 Å². The molecule has 0 bridgehead atoms. The van der Waals surface area contributed by atoms with Crippen LogP contribution in [0.25, 0.3) is 0 Å². The molecule has 1 heterocycles. The van der Waals surface area contributed by atoms with Crippen LogP contribution >= 0.6 is 0 Å². The number of alkyl halides is 3. The van der Waals surface area contributed by atoms with Gasteiger partial charge in [0.15, 0.2) is 0 Å². The minimum Gasteiger partial charge on any atom is -0.314 e. The summed E-state index contributed by atoms with van der Waals surface area (Å²) in [7, 11) is -4.04. The summed E-state index contributed by atoms with van der Waals surface area (Å²) in [4.78, 5) is 0. The van der Waals surface area contributed by atoms with Crippen LogP contribution in [0.5, 0.6) is 0 Å². The van der Waals surface area contributed by atoms with Crippen LogP contribution in [0, 0.1) is 0 Å². The van der Waals surface area contributed by atoms with E-state index in [1.807, 2.05) is 0 Å². The van der Waals surface area contributed by atoms with E-state index in [1.165, 1.54) is 0 Å². The Bertz CT molecular complexity index is 330. The maximum atomic E-state index is 11.9. The van der Waals surface area contributed by atoms with Gasteiger partial charge in [0.05, 0.1) is 0 Å². The van der Waals surface area contributed by atoms with Crippen molar-refractivity contribution >= 4 is 10.2 Å². The van der Waals surface area contributed by atoms with E-state index in [0.29, 0.717) is 13.1 Å². The van der Waals surface area contributed by atoms with Crippen molar-refractivity contribution in [3.8, 4) is 0 Å². The van der Waals surface area contributed by atoms with Crippen LogP contribution in [0.15, 0.2) is 0 Å². The fourth-order valence-electron chi connectivity index (χ4n) is 1.44. The molecule has 16 heavy (non-hydrogen) atoms. The molecule has 1 aliphatic heterocycles. The van der Waals surface area contributed by atoms with Crippen molar-refractivity contribution in [3.05, 3.63) is 0 Å². The molecule has 1 saturated heterocycles. The summed E-state index contributed by atoms with van der Waals surface area (Å²) >= 11 is 0. The Morgan fingerprint density at radius 1 is 1.50 bits per heavy atom. The highest BCUT2D eigenvalue weighted by Crippen LogP contribution is 2.14. The third-order valence-electron chi connectivity index (χ3n) is 2.20. The number of rotatable bonds is 3. The Balaban J connectivity index is 2.62. The fourth-order valence-corrected chi connectivity index (χ4v) is 2.83. The number of hydrogen-bond acceptors (Lipinski definition) is 3. The van der Waals surface area contributed by atoms with Crippen LogP contribution in [0.2, 0.25) is 0 Å². The highest BCUT2D eigenvalue weighted by Gasteiger charge is 2.34. The Kier molecular flexibility index (Phi) is 4.16. The van der Waals surface area contributed by atoms with Crippen LogP contribution in [0.1, 0.15) is 6.92 Å². The maximum Gasteiger partial charge on any atom is 0.402 e. The van der Waals surface area contributed by atoms with Crippen molar-refractivity contribution in [2.75, 3.05) is 26.2 Å². The first-order chi connectivity index (χ1) is 7.22. The minimum absolute atomic E-state index is 0.175. The highest BCUT2D eigenvalue weighted by molar-refractivity contribution is 7.87. The summed E-state index contributed by atoms with van der Waals surface area (Å²) < 4.78 is 61.3. The number of piperazine rings is 1. The third-order valence-corrected chi connectivity index (χ3v) is 3.87. The topological polar surface area (TPSA) is 61.4 Å². The molecule has 0 aromatic carbocycles. The van der Waals surface area contributed by atoms with E-state index in [-0.39, 0.29) is 12.6 Å². The fraction of sp³-hybridized carbons (Fsp3) is 1.00. The summed E-state index contributed by atoms with van der Waals surface area (Å²) in [5.41, 5.74) is 0. The van der Waals surface area contributed by atoms with Gasteiger partial charge in [0.1, 0.15) is 6.54 Å². The second-order valence-electron chi connectivity index (χ2n) is 3.61. The molecule has 1 atom stereocenters. The molecule has 5 nitrogen and oxygen atoms in total. The summed E-state index contributed by atoms with van der Waals surface area (Å²) in [5, 5.41) is 2.95. The zero-order valence-electron chi connectivity index (χ0n) is 8.71. The highest BCUT2D eigenvalue weighted by atomic mass is 32.2. The van der Waals surface area contributed by atoms with E-state index in [2.05, 4.69) is 5.32 Å². The second kappa shape index (κ2) is 4.86. The summed E-state index contributed by atoms with van der Waals surface area (Å²) in [6.45, 7) is 1.16. The normalized spacial score (nSPS) is 24.6. The Morgan fingerprint density at radius 3 is 2.62 bits per heavy atom. The molecule has 0 aliphatic carbocycles. The van der Waals surface area contributed by atoms with Gasteiger partial charge in [0.25, 0.3) is 10.2 Å². The average molecular weight is 261 g/mol.